The number of aromatic amines is 1. The van der Waals surface area contributed by atoms with Crippen molar-refractivity contribution in [3.05, 3.63) is 80.6 Å². The van der Waals surface area contributed by atoms with E-state index in [-0.39, 0.29) is 21.9 Å². The predicted molar refractivity (Wildman–Crippen MR) is 107 cm³/mol. The molecule has 0 aliphatic carbocycles. The lowest BCUT2D eigenvalue weighted by Crippen LogP contribution is -2.24. The van der Waals surface area contributed by atoms with E-state index in [1.807, 2.05) is 4.98 Å². The molecule has 0 amide bonds. The maximum Gasteiger partial charge on any atom is 0.345 e. The van der Waals surface area contributed by atoms with Crippen LogP contribution in [0.15, 0.2) is 53.3 Å². The van der Waals surface area contributed by atoms with Crippen LogP contribution in [0.2, 0.25) is 5.02 Å². The normalized spacial score (nSPS) is 10.4. The van der Waals surface area contributed by atoms with Crippen LogP contribution < -0.4 is 16.0 Å². The van der Waals surface area contributed by atoms with Gasteiger partial charge in [0.05, 0.1) is 10.6 Å². The van der Waals surface area contributed by atoms with Crippen LogP contribution in [0, 0.1) is 0 Å². The Bertz CT molecular complexity index is 1250. The number of pyridine rings is 1. The second kappa shape index (κ2) is 8.10. The predicted octanol–water partition coefficient (Wildman–Crippen LogP) is 2.89. The highest BCUT2D eigenvalue weighted by atomic mass is 35.5. The fourth-order valence-corrected chi connectivity index (χ4v) is 3.05. The van der Waals surface area contributed by atoms with Crippen LogP contribution >= 0.6 is 11.6 Å². The molecule has 152 valence electrons. The Balaban J connectivity index is 2.14. The lowest BCUT2D eigenvalue weighted by atomic mass is 9.95. The average molecular weight is 429 g/mol. The van der Waals surface area contributed by atoms with E-state index in [9.17, 15) is 29.4 Å². The molecule has 3 aromatic rings. The van der Waals surface area contributed by atoms with Gasteiger partial charge in [-0.1, -0.05) is 35.9 Å². The average Bonchev–Trinajstić information content (AvgIpc) is 2.67. The number of halogens is 1. The van der Waals surface area contributed by atoms with Gasteiger partial charge in [0.2, 0.25) is 0 Å². The number of carboxylic acid groups (broad SMARTS) is 2. The molecule has 9 nitrogen and oxygen atoms in total. The number of carbonyl (C=O) groups excluding carboxylic acids is 1. The Kier molecular flexibility index (Phi) is 5.56. The highest BCUT2D eigenvalue weighted by Crippen LogP contribution is 2.31. The van der Waals surface area contributed by atoms with Gasteiger partial charge in [-0.2, -0.15) is 0 Å². The summed E-state index contributed by atoms with van der Waals surface area (Å²) in [4.78, 5) is 49.8. The van der Waals surface area contributed by atoms with E-state index in [0.717, 1.165) is 0 Å². The van der Waals surface area contributed by atoms with Crippen LogP contribution in [-0.2, 0) is 0 Å². The minimum atomic E-state index is -1.65. The first-order valence-corrected chi connectivity index (χ1v) is 8.68. The first-order chi connectivity index (χ1) is 14.2. The number of carboxylic acids is 2. The number of hydrogen-bond acceptors (Lipinski definition) is 6. The monoisotopic (exact) mass is 428 g/mol. The second-order valence-electron chi connectivity index (χ2n) is 6.00. The number of rotatable bonds is 5. The van der Waals surface area contributed by atoms with Crippen molar-refractivity contribution in [3.8, 4) is 16.9 Å². The molecule has 1 aromatic heterocycles. The zero-order valence-corrected chi connectivity index (χ0v) is 15.8. The first-order valence-electron chi connectivity index (χ1n) is 8.30. The summed E-state index contributed by atoms with van der Waals surface area (Å²) < 4.78 is 5.27. The summed E-state index contributed by atoms with van der Waals surface area (Å²) in [6.07, 6.45) is 0. The lowest BCUT2D eigenvalue weighted by molar-refractivity contribution is 0.0692. The van der Waals surface area contributed by atoms with Crippen molar-refractivity contribution in [3.63, 3.8) is 0 Å². The number of carbonyl (C=O) groups is 3. The van der Waals surface area contributed by atoms with Crippen LogP contribution in [0.4, 0.5) is 5.82 Å². The van der Waals surface area contributed by atoms with Crippen LogP contribution in [0.1, 0.15) is 31.1 Å². The van der Waals surface area contributed by atoms with E-state index in [1.54, 1.807) is 12.1 Å². The Morgan fingerprint density at radius 2 is 1.63 bits per heavy atom. The molecule has 0 unspecified atom stereocenters. The largest absolute Gasteiger partial charge is 0.478 e. The molecule has 2 aromatic carbocycles. The van der Waals surface area contributed by atoms with Crippen molar-refractivity contribution in [1.82, 2.24) is 4.98 Å². The van der Waals surface area contributed by atoms with Gasteiger partial charge in [0, 0.05) is 5.56 Å². The number of anilines is 1. The Hall–Kier alpha value is -4.11. The highest BCUT2D eigenvalue weighted by molar-refractivity contribution is 6.33. The summed E-state index contributed by atoms with van der Waals surface area (Å²) in [7, 11) is 0. The van der Waals surface area contributed by atoms with Crippen molar-refractivity contribution in [2.75, 3.05) is 5.73 Å². The number of hydrogen-bond donors (Lipinski definition) is 4. The Morgan fingerprint density at radius 1 is 0.967 bits per heavy atom. The molecule has 5 N–H and O–H groups in total. The van der Waals surface area contributed by atoms with E-state index < -0.39 is 46.0 Å². The van der Waals surface area contributed by atoms with Crippen molar-refractivity contribution in [2.45, 2.75) is 0 Å². The minimum Gasteiger partial charge on any atom is -0.478 e. The molecule has 1 heterocycles. The summed E-state index contributed by atoms with van der Waals surface area (Å²) in [6.45, 7) is 0. The van der Waals surface area contributed by atoms with Gasteiger partial charge in [0.25, 0.3) is 5.56 Å². The van der Waals surface area contributed by atoms with Gasteiger partial charge in [0.15, 0.2) is 0 Å². The molecule has 10 heteroatoms. The van der Waals surface area contributed by atoms with Gasteiger partial charge in [-0.15, -0.1) is 0 Å². The fourth-order valence-electron chi connectivity index (χ4n) is 2.84. The van der Waals surface area contributed by atoms with Crippen LogP contribution in [0.3, 0.4) is 0 Å². The van der Waals surface area contributed by atoms with E-state index in [4.69, 9.17) is 22.1 Å². The molecule has 0 saturated heterocycles. The zero-order chi connectivity index (χ0) is 22.0. The zero-order valence-electron chi connectivity index (χ0n) is 15.0. The number of benzene rings is 2. The SMILES string of the molecule is Nc1[nH]c(=O)c(C(=O)O)c(-c2cccc(OC(=O)c3ccccc3Cl)c2)c1C(=O)O. The summed E-state index contributed by atoms with van der Waals surface area (Å²) in [5.74, 6) is -4.50. The smallest absolute Gasteiger partial charge is 0.345 e. The number of esters is 1. The fraction of sp³-hybridized carbons (Fsp3) is 0. The quantitative estimate of drug-likeness (QED) is 0.356. The molecule has 0 spiro atoms. The standard InChI is InChI=1S/C20H13ClN2O7/c21-12-7-2-1-6-11(12)20(29)30-10-5-3-4-9(8-10)13-14(18(25)26)16(22)23-17(24)15(13)19(27)28/h1-8H,(H,25,26)(H,27,28)(H3,22,23,24). The number of nitrogen functional groups attached to an aromatic ring is 1. The van der Waals surface area contributed by atoms with Crippen molar-refractivity contribution in [2.24, 2.45) is 0 Å². The highest BCUT2D eigenvalue weighted by Gasteiger charge is 2.27. The minimum absolute atomic E-state index is 0.00654. The molecule has 0 aliphatic heterocycles. The maximum atomic E-state index is 12.4. The maximum absolute atomic E-state index is 12.4. The molecule has 0 saturated carbocycles. The van der Waals surface area contributed by atoms with Crippen LogP contribution in [-0.4, -0.2) is 33.1 Å². The van der Waals surface area contributed by atoms with E-state index >= 15 is 0 Å². The molecular weight excluding hydrogens is 416 g/mol. The number of aromatic nitrogens is 1. The Labute approximate surface area is 173 Å². The molecular formula is C20H13ClN2O7. The number of nitrogens with two attached hydrogens (primary N) is 1. The van der Waals surface area contributed by atoms with Crippen molar-refractivity contribution in [1.29, 1.82) is 0 Å². The lowest BCUT2D eigenvalue weighted by Gasteiger charge is -2.13. The van der Waals surface area contributed by atoms with E-state index in [0.29, 0.717) is 0 Å². The molecule has 30 heavy (non-hydrogen) atoms. The molecule has 3 rings (SSSR count). The summed E-state index contributed by atoms with van der Waals surface area (Å²) in [5.41, 5.74) is 2.83. The van der Waals surface area contributed by atoms with Crippen LogP contribution in [0.25, 0.3) is 11.1 Å². The van der Waals surface area contributed by atoms with Gasteiger partial charge >= 0.3 is 17.9 Å². The van der Waals surface area contributed by atoms with Crippen molar-refractivity contribution < 1.29 is 29.3 Å². The first kappa shape index (κ1) is 20.6. The summed E-state index contributed by atoms with van der Waals surface area (Å²) in [5, 5.41) is 19.1. The van der Waals surface area contributed by atoms with Crippen LogP contribution in [0.5, 0.6) is 5.75 Å². The Morgan fingerprint density at radius 3 is 2.27 bits per heavy atom. The molecule has 0 radical (unpaired) electrons. The number of aromatic carboxylic acids is 2. The molecule has 0 aliphatic rings. The van der Waals surface area contributed by atoms with Gasteiger partial charge in [-0.3, -0.25) is 4.79 Å². The van der Waals surface area contributed by atoms with Crippen molar-refractivity contribution >= 4 is 35.3 Å². The third-order valence-electron chi connectivity index (χ3n) is 4.10. The third kappa shape index (κ3) is 3.87. The summed E-state index contributed by atoms with van der Waals surface area (Å²) >= 11 is 5.98. The second-order valence-corrected chi connectivity index (χ2v) is 6.41. The van der Waals surface area contributed by atoms with E-state index in [2.05, 4.69) is 0 Å². The van der Waals surface area contributed by atoms with Gasteiger partial charge < -0.3 is 25.7 Å². The molecule has 0 atom stereocenters. The van der Waals surface area contributed by atoms with Gasteiger partial charge in [-0.05, 0) is 29.8 Å². The number of nitrogens with one attached hydrogen (secondary N) is 1. The topological polar surface area (TPSA) is 160 Å². The third-order valence-corrected chi connectivity index (χ3v) is 4.43. The number of ether oxygens (including phenoxy) is 1. The molecule has 0 bridgehead atoms. The molecule has 0 fully saturated rings. The van der Waals surface area contributed by atoms with Gasteiger partial charge in [0.1, 0.15) is 22.7 Å². The van der Waals surface area contributed by atoms with Gasteiger partial charge in [-0.25, -0.2) is 14.4 Å². The number of H-pyrrole nitrogens is 1. The van der Waals surface area contributed by atoms with E-state index in [1.165, 1.54) is 36.4 Å². The summed E-state index contributed by atoms with van der Waals surface area (Å²) in [6, 6.07) is 11.6.